The van der Waals surface area contributed by atoms with Crippen molar-refractivity contribution in [3.63, 3.8) is 0 Å². The van der Waals surface area contributed by atoms with Gasteiger partial charge >= 0.3 is 0 Å². The molecule has 4 heterocycles. The summed E-state index contributed by atoms with van der Waals surface area (Å²) >= 11 is 1.62. The van der Waals surface area contributed by atoms with Crippen molar-refractivity contribution in [3.8, 4) is 0 Å². The predicted octanol–water partition coefficient (Wildman–Crippen LogP) is 3.31. The van der Waals surface area contributed by atoms with E-state index in [9.17, 15) is 9.59 Å². The van der Waals surface area contributed by atoms with Crippen LogP contribution in [-0.2, 0) is 27.4 Å². The number of nitrogens with zero attached hydrogens (tertiary/aromatic N) is 2. The molecule has 1 aromatic carbocycles. The second kappa shape index (κ2) is 7.06. The van der Waals surface area contributed by atoms with Gasteiger partial charge < -0.3 is 14.5 Å². The van der Waals surface area contributed by atoms with E-state index in [0.717, 1.165) is 11.1 Å². The van der Waals surface area contributed by atoms with Crippen LogP contribution in [0.15, 0.2) is 47.2 Å². The third kappa shape index (κ3) is 3.01. The van der Waals surface area contributed by atoms with Crippen molar-refractivity contribution in [1.29, 1.82) is 0 Å². The summed E-state index contributed by atoms with van der Waals surface area (Å²) in [6.07, 6.45) is 3.69. The van der Waals surface area contributed by atoms with E-state index in [4.69, 9.17) is 4.74 Å². The monoisotopic (exact) mass is 422 g/mol. The number of hydrogen-bond donors (Lipinski definition) is 0. The molecule has 2 saturated heterocycles. The number of carbonyl (C=O) groups excluding carboxylic acids is 2. The topological polar surface area (TPSA) is 49.9 Å². The molecule has 0 saturated carbocycles. The lowest BCUT2D eigenvalue weighted by Gasteiger charge is -2.27. The van der Waals surface area contributed by atoms with Gasteiger partial charge in [0.2, 0.25) is 11.8 Å². The molecule has 4 atom stereocenters. The fourth-order valence-electron chi connectivity index (χ4n) is 5.11. The molecule has 156 valence electrons. The van der Waals surface area contributed by atoms with Gasteiger partial charge in [-0.15, -0.1) is 0 Å². The summed E-state index contributed by atoms with van der Waals surface area (Å²) in [4.78, 5) is 30.4. The molecule has 30 heavy (non-hydrogen) atoms. The molecule has 3 aliphatic heterocycles. The fraction of sp³-hybridized carbons (Fsp3) is 0.417. The summed E-state index contributed by atoms with van der Waals surface area (Å²) in [5, 5.41) is 4.06. The molecule has 2 fully saturated rings. The van der Waals surface area contributed by atoms with E-state index in [1.165, 1.54) is 11.1 Å². The minimum atomic E-state index is -0.662. The Bertz CT molecular complexity index is 1030. The number of aryl methyl sites for hydroxylation is 2. The lowest BCUT2D eigenvalue weighted by molar-refractivity contribution is -0.142. The molecule has 1 aromatic heterocycles. The number of amides is 2. The van der Waals surface area contributed by atoms with Gasteiger partial charge in [-0.05, 0) is 52.9 Å². The second-order valence-corrected chi connectivity index (χ2v) is 9.62. The number of likely N-dealkylation sites (tertiary alicyclic amines) is 1. The molecule has 3 aliphatic rings. The van der Waals surface area contributed by atoms with Crippen molar-refractivity contribution in [2.45, 2.75) is 38.6 Å². The first-order valence-corrected chi connectivity index (χ1v) is 11.3. The summed E-state index contributed by atoms with van der Waals surface area (Å²) in [6.45, 7) is 5.78. The van der Waals surface area contributed by atoms with Crippen LogP contribution in [-0.4, -0.2) is 46.9 Å². The molecule has 5 nitrogen and oxygen atoms in total. The van der Waals surface area contributed by atoms with E-state index in [2.05, 4.69) is 37.4 Å². The smallest absolute Gasteiger partial charge is 0.230 e. The van der Waals surface area contributed by atoms with Gasteiger partial charge in [0.1, 0.15) is 5.60 Å². The van der Waals surface area contributed by atoms with Gasteiger partial charge in [0, 0.05) is 20.1 Å². The summed E-state index contributed by atoms with van der Waals surface area (Å²) in [5.74, 6) is -0.862. The van der Waals surface area contributed by atoms with Crippen molar-refractivity contribution >= 4 is 23.2 Å². The Kier molecular flexibility index (Phi) is 4.60. The lowest BCUT2D eigenvalue weighted by atomic mass is 9.76. The minimum Gasteiger partial charge on any atom is -0.360 e. The molecule has 0 radical (unpaired) electrons. The zero-order valence-electron chi connectivity index (χ0n) is 17.5. The highest BCUT2D eigenvalue weighted by Gasteiger charge is 2.67. The quantitative estimate of drug-likeness (QED) is 0.695. The van der Waals surface area contributed by atoms with Gasteiger partial charge in [-0.2, -0.15) is 11.3 Å². The first kappa shape index (κ1) is 19.5. The minimum absolute atomic E-state index is 0.0104. The molecule has 2 unspecified atom stereocenters. The van der Waals surface area contributed by atoms with E-state index in [0.29, 0.717) is 19.6 Å². The van der Waals surface area contributed by atoms with Crippen LogP contribution in [0.2, 0.25) is 0 Å². The van der Waals surface area contributed by atoms with Crippen molar-refractivity contribution in [2.75, 3.05) is 13.6 Å². The van der Waals surface area contributed by atoms with Crippen LogP contribution in [0, 0.1) is 25.7 Å². The normalized spacial score (nSPS) is 29.0. The molecule has 2 aromatic rings. The first-order chi connectivity index (χ1) is 14.4. The molecule has 0 aliphatic carbocycles. The van der Waals surface area contributed by atoms with Crippen LogP contribution in [0.25, 0.3) is 0 Å². The van der Waals surface area contributed by atoms with Gasteiger partial charge in [0.05, 0.1) is 24.5 Å². The van der Waals surface area contributed by atoms with Crippen molar-refractivity contribution < 1.29 is 14.3 Å². The Morgan fingerprint density at radius 3 is 2.83 bits per heavy atom. The Labute approximate surface area is 180 Å². The number of fused-ring (bicyclic) bond motifs is 1. The van der Waals surface area contributed by atoms with Crippen molar-refractivity contribution in [2.24, 2.45) is 11.8 Å². The highest BCUT2D eigenvalue weighted by atomic mass is 32.1. The van der Waals surface area contributed by atoms with Gasteiger partial charge in [0.15, 0.2) is 0 Å². The van der Waals surface area contributed by atoms with Gasteiger partial charge in [0.25, 0.3) is 0 Å². The number of rotatable bonds is 5. The third-order valence-electron chi connectivity index (χ3n) is 6.78. The van der Waals surface area contributed by atoms with Crippen LogP contribution in [0.5, 0.6) is 0 Å². The number of benzene rings is 1. The van der Waals surface area contributed by atoms with E-state index in [-0.39, 0.29) is 17.9 Å². The number of ether oxygens (including phenoxy) is 1. The zero-order chi connectivity index (χ0) is 21.0. The van der Waals surface area contributed by atoms with Crippen LogP contribution in [0.4, 0.5) is 0 Å². The van der Waals surface area contributed by atoms with Crippen molar-refractivity contribution in [1.82, 2.24) is 9.80 Å². The summed E-state index contributed by atoms with van der Waals surface area (Å²) < 4.78 is 6.27. The molecule has 2 bridgehead atoms. The maximum Gasteiger partial charge on any atom is 0.230 e. The molecule has 6 heteroatoms. The molecular weight excluding hydrogens is 396 g/mol. The molecule has 0 N–H and O–H groups in total. The van der Waals surface area contributed by atoms with Crippen LogP contribution in [0.1, 0.15) is 22.3 Å². The van der Waals surface area contributed by atoms with Crippen LogP contribution < -0.4 is 0 Å². The predicted molar refractivity (Wildman–Crippen MR) is 116 cm³/mol. The Hall–Kier alpha value is -2.44. The maximum absolute atomic E-state index is 13.4. The Balaban J connectivity index is 1.36. The highest BCUT2D eigenvalue weighted by molar-refractivity contribution is 7.07. The maximum atomic E-state index is 13.4. The summed E-state index contributed by atoms with van der Waals surface area (Å²) in [7, 11) is 1.81. The highest BCUT2D eigenvalue weighted by Crippen LogP contribution is 2.52. The number of carbonyl (C=O) groups is 2. The Morgan fingerprint density at radius 1 is 1.27 bits per heavy atom. The van der Waals surface area contributed by atoms with E-state index < -0.39 is 17.4 Å². The number of hydrogen-bond acceptors (Lipinski definition) is 4. The lowest BCUT2D eigenvalue weighted by Crippen LogP contribution is -2.44. The average Bonchev–Trinajstić information content (AvgIpc) is 3.47. The molecular formula is C24H26N2O3S. The van der Waals surface area contributed by atoms with Crippen LogP contribution >= 0.6 is 11.3 Å². The standard InChI is InChI=1S/C24H26N2O3S/c1-15-4-5-17(10-16(15)2)12-26-14-24-8-6-19(29-24)20(21(24)23(26)28)22(27)25(3)11-18-7-9-30-13-18/h4-10,13,19-21H,11-12,14H2,1-3H3/t19-,20?,21?,24-/m0/s1. The van der Waals surface area contributed by atoms with Gasteiger partial charge in [-0.1, -0.05) is 30.4 Å². The van der Waals surface area contributed by atoms with E-state index >= 15 is 0 Å². The Morgan fingerprint density at radius 2 is 2.10 bits per heavy atom. The molecule has 2 amide bonds. The summed E-state index contributed by atoms with van der Waals surface area (Å²) in [5.41, 5.74) is 4.02. The summed E-state index contributed by atoms with van der Waals surface area (Å²) in [6, 6.07) is 8.34. The third-order valence-corrected chi connectivity index (χ3v) is 7.52. The van der Waals surface area contributed by atoms with E-state index in [1.54, 1.807) is 16.2 Å². The van der Waals surface area contributed by atoms with Crippen molar-refractivity contribution in [3.05, 3.63) is 69.4 Å². The second-order valence-electron chi connectivity index (χ2n) is 8.84. The number of thiophene rings is 1. The SMILES string of the molecule is Cc1ccc(CN2C[C@]34C=C[C@H](O3)C(C(=O)N(C)Cc3ccsc3)C4C2=O)cc1C. The van der Waals surface area contributed by atoms with Crippen LogP contribution in [0.3, 0.4) is 0 Å². The fourth-order valence-corrected chi connectivity index (χ4v) is 5.76. The van der Waals surface area contributed by atoms with E-state index in [1.807, 2.05) is 35.5 Å². The van der Waals surface area contributed by atoms with Gasteiger partial charge in [-0.3, -0.25) is 9.59 Å². The van der Waals surface area contributed by atoms with Gasteiger partial charge in [-0.25, -0.2) is 0 Å². The largest absolute Gasteiger partial charge is 0.360 e. The molecule has 1 spiro atoms. The molecule has 5 rings (SSSR count). The zero-order valence-corrected chi connectivity index (χ0v) is 18.3. The first-order valence-electron chi connectivity index (χ1n) is 10.4. The average molecular weight is 423 g/mol.